The Kier molecular flexibility index (Phi) is 2.20. The molecule has 0 radical (unpaired) electrons. The molecule has 0 aromatic carbocycles. The molecule has 1 saturated heterocycles. The standard InChI is InChI=1S/C12H17N5O/c18-9-5-17(6-9)12-15-10(7-1-2-7)14-11(16-12)13-8-3-4-8/h7-9,18H,1-6H2,(H,13,14,15,16). The summed E-state index contributed by atoms with van der Waals surface area (Å²) in [5.41, 5.74) is 0. The van der Waals surface area contributed by atoms with Crippen molar-refractivity contribution in [1.29, 1.82) is 0 Å². The summed E-state index contributed by atoms with van der Waals surface area (Å²) in [5.74, 6) is 2.88. The number of aromatic nitrogens is 3. The Morgan fingerprint density at radius 3 is 2.44 bits per heavy atom. The first-order valence-corrected chi connectivity index (χ1v) is 6.73. The van der Waals surface area contributed by atoms with E-state index in [9.17, 15) is 5.11 Å². The van der Waals surface area contributed by atoms with Crippen LogP contribution in [0.5, 0.6) is 0 Å². The normalized spacial score (nSPS) is 23.9. The van der Waals surface area contributed by atoms with Gasteiger partial charge >= 0.3 is 0 Å². The molecule has 6 nitrogen and oxygen atoms in total. The Labute approximate surface area is 105 Å². The topological polar surface area (TPSA) is 74.2 Å². The number of rotatable bonds is 4. The van der Waals surface area contributed by atoms with Gasteiger partial charge in [0.1, 0.15) is 5.82 Å². The van der Waals surface area contributed by atoms with Crippen LogP contribution < -0.4 is 10.2 Å². The van der Waals surface area contributed by atoms with Gasteiger partial charge in [0, 0.05) is 25.0 Å². The number of nitrogens with zero attached hydrogens (tertiary/aromatic N) is 4. The molecule has 0 bridgehead atoms. The molecule has 0 amide bonds. The lowest BCUT2D eigenvalue weighted by Gasteiger charge is -2.35. The lowest BCUT2D eigenvalue weighted by molar-refractivity contribution is 0.140. The van der Waals surface area contributed by atoms with Crippen molar-refractivity contribution in [3.8, 4) is 0 Å². The second-order valence-electron chi connectivity index (χ2n) is 5.57. The lowest BCUT2D eigenvalue weighted by Crippen LogP contribution is -2.51. The van der Waals surface area contributed by atoms with E-state index in [1.807, 2.05) is 4.90 Å². The number of anilines is 2. The molecule has 3 aliphatic rings. The molecule has 0 atom stereocenters. The molecular weight excluding hydrogens is 230 g/mol. The fourth-order valence-electron chi connectivity index (χ4n) is 2.14. The number of hydrogen-bond acceptors (Lipinski definition) is 6. The summed E-state index contributed by atoms with van der Waals surface area (Å²) in [4.78, 5) is 15.5. The van der Waals surface area contributed by atoms with E-state index >= 15 is 0 Å². The quantitative estimate of drug-likeness (QED) is 0.807. The van der Waals surface area contributed by atoms with Crippen LogP contribution in [-0.4, -0.2) is 45.3 Å². The van der Waals surface area contributed by atoms with Crippen LogP contribution in [0, 0.1) is 0 Å². The predicted octanol–water partition coefficient (Wildman–Crippen LogP) is 0.504. The minimum absolute atomic E-state index is 0.231. The van der Waals surface area contributed by atoms with Gasteiger partial charge in [-0.2, -0.15) is 15.0 Å². The fraction of sp³-hybridized carbons (Fsp3) is 0.750. The molecule has 96 valence electrons. The molecule has 0 unspecified atom stereocenters. The molecule has 3 fully saturated rings. The summed E-state index contributed by atoms with van der Waals surface area (Å²) < 4.78 is 0. The van der Waals surface area contributed by atoms with Gasteiger partial charge in [-0.05, 0) is 25.7 Å². The highest BCUT2D eigenvalue weighted by molar-refractivity contribution is 5.41. The molecule has 2 N–H and O–H groups in total. The summed E-state index contributed by atoms with van der Waals surface area (Å²) in [6.45, 7) is 1.27. The third-order valence-corrected chi connectivity index (χ3v) is 3.64. The van der Waals surface area contributed by atoms with Crippen molar-refractivity contribution >= 4 is 11.9 Å². The summed E-state index contributed by atoms with van der Waals surface area (Å²) in [7, 11) is 0. The summed E-state index contributed by atoms with van der Waals surface area (Å²) >= 11 is 0. The first kappa shape index (κ1) is 10.5. The maximum absolute atomic E-state index is 9.37. The van der Waals surface area contributed by atoms with Crippen molar-refractivity contribution in [2.45, 2.75) is 43.7 Å². The first-order chi connectivity index (χ1) is 8.78. The van der Waals surface area contributed by atoms with Crippen LogP contribution in [0.3, 0.4) is 0 Å². The zero-order valence-electron chi connectivity index (χ0n) is 10.2. The Balaban J connectivity index is 1.60. The first-order valence-electron chi connectivity index (χ1n) is 6.73. The fourth-order valence-corrected chi connectivity index (χ4v) is 2.14. The van der Waals surface area contributed by atoms with Gasteiger partial charge in [0.25, 0.3) is 0 Å². The smallest absolute Gasteiger partial charge is 0.230 e. The van der Waals surface area contributed by atoms with Crippen LogP contribution in [0.1, 0.15) is 37.4 Å². The molecule has 0 spiro atoms. The van der Waals surface area contributed by atoms with Gasteiger partial charge < -0.3 is 15.3 Å². The zero-order chi connectivity index (χ0) is 12.1. The van der Waals surface area contributed by atoms with Crippen LogP contribution in [-0.2, 0) is 0 Å². The number of aliphatic hydroxyl groups is 1. The SMILES string of the molecule is OC1CN(c2nc(NC3CC3)nc(C3CC3)n2)C1. The van der Waals surface area contributed by atoms with Gasteiger partial charge in [-0.3, -0.25) is 0 Å². The average Bonchev–Trinajstić information content (AvgIpc) is 3.15. The predicted molar refractivity (Wildman–Crippen MR) is 66.7 cm³/mol. The van der Waals surface area contributed by atoms with Gasteiger partial charge in [-0.15, -0.1) is 0 Å². The van der Waals surface area contributed by atoms with Crippen molar-refractivity contribution in [2.24, 2.45) is 0 Å². The van der Waals surface area contributed by atoms with Gasteiger partial charge in [-0.25, -0.2) is 0 Å². The zero-order valence-corrected chi connectivity index (χ0v) is 10.2. The Hall–Kier alpha value is -1.43. The minimum Gasteiger partial charge on any atom is -0.389 e. The third-order valence-electron chi connectivity index (χ3n) is 3.64. The summed E-state index contributed by atoms with van der Waals surface area (Å²) in [6, 6.07) is 0.550. The van der Waals surface area contributed by atoms with Crippen LogP contribution in [0.15, 0.2) is 0 Å². The van der Waals surface area contributed by atoms with Crippen LogP contribution in [0.25, 0.3) is 0 Å². The van der Waals surface area contributed by atoms with E-state index in [-0.39, 0.29) is 6.10 Å². The molecule has 6 heteroatoms. The molecule has 4 rings (SSSR count). The number of hydrogen-bond donors (Lipinski definition) is 2. The van der Waals surface area contributed by atoms with E-state index in [4.69, 9.17) is 0 Å². The molecule has 2 heterocycles. The number of β-amino-alcohol motifs (C(OH)–C–C–N with tert-alkyl or cyclic N) is 1. The Morgan fingerprint density at radius 2 is 1.83 bits per heavy atom. The highest BCUT2D eigenvalue weighted by atomic mass is 16.3. The number of aliphatic hydroxyl groups excluding tert-OH is 1. The molecule has 2 aliphatic carbocycles. The molecular formula is C12H17N5O. The minimum atomic E-state index is -0.231. The maximum atomic E-state index is 9.37. The lowest BCUT2D eigenvalue weighted by atomic mass is 10.2. The van der Waals surface area contributed by atoms with Gasteiger partial charge in [0.05, 0.1) is 6.10 Å². The Morgan fingerprint density at radius 1 is 1.06 bits per heavy atom. The highest BCUT2D eigenvalue weighted by Crippen LogP contribution is 2.39. The van der Waals surface area contributed by atoms with Crippen LogP contribution in [0.2, 0.25) is 0 Å². The van der Waals surface area contributed by atoms with E-state index in [0.29, 0.717) is 31.0 Å². The molecule has 1 aromatic heterocycles. The molecule has 2 saturated carbocycles. The van der Waals surface area contributed by atoms with Crippen LogP contribution in [0.4, 0.5) is 11.9 Å². The van der Waals surface area contributed by atoms with Crippen molar-refractivity contribution < 1.29 is 5.11 Å². The van der Waals surface area contributed by atoms with E-state index in [1.54, 1.807) is 0 Å². The second-order valence-corrected chi connectivity index (χ2v) is 5.57. The Bertz CT molecular complexity index is 466. The van der Waals surface area contributed by atoms with Crippen molar-refractivity contribution in [3.05, 3.63) is 5.82 Å². The van der Waals surface area contributed by atoms with Crippen molar-refractivity contribution in [3.63, 3.8) is 0 Å². The highest BCUT2D eigenvalue weighted by Gasteiger charge is 2.32. The molecule has 1 aliphatic heterocycles. The van der Waals surface area contributed by atoms with Crippen molar-refractivity contribution in [2.75, 3.05) is 23.3 Å². The maximum Gasteiger partial charge on any atom is 0.230 e. The van der Waals surface area contributed by atoms with Crippen LogP contribution >= 0.6 is 0 Å². The monoisotopic (exact) mass is 247 g/mol. The largest absolute Gasteiger partial charge is 0.389 e. The average molecular weight is 247 g/mol. The molecule has 18 heavy (non-hydrogen) atoms. The van der Waals surface area contributed by atoms with Gasteiger partial charge in [0.15, 0.2) is 0 Å². The van der Waals surface area contributed by atoms with E-state index in [2.05, 4.69) is 20.3 Å². The van der Waals surface area contributed by atoms with E-state index in [0.717, 1.165) is 11.8 Å². The molecule has 1 aromatic rings. The second kappa shape index (κ2) is 3.78. The van der Waals surface area contributed by atoms with Gasteiger partial charge in [0.2, 0.25) is 11.9 Å². The van der Waals surface area contributed by atoms with E-state index in [1.165, 1.54) is 25.7 Å². The van der Waals surface area contributed by atoms with Crippen molar-refractivity contribution in [1.82, 2.24) is 15.0 Å². The third kappa shape index (κ3) is 2.01. The van der Waals surface area contributed by atoms with Gasteiger partial charge in [-0.1, -0.05) is 0 Å². The number of nitrogens with one attached hydrogen (secondary N) is 1. The summed E-state index contributed by atoms with van der Waals surface area (Å²) in [6.07, 6.45) is 4.57. The van der Waals surface area contributed by atoms with E-state index < -0.39 is 0 Å². The summed E-state index contributed by atoms with van der Waals surface area (Å²) in [5, 5.41) is 12.7.